The third-order valence-corrected chi connectivity index (χ3v) is 6.71. The molecule has 0 spiro atoms. The standard InChI is InChI=1S/C21H23ClN2O3S/c22-18-9-8-17(28-18)20(25)23-19(14-6-7-14)15-10-12-24(13-11-15)21(26)27-16-4-2-1-3-5-16/h1-5,8-9,14-15,19H,6-7,10-13H2,(H,23,25)/t19-/m0/s1. The van der Waals surface area contributed by atoms with Crippen molar-refractivity contribution < 1.29 is 14.3 Å². The molecule has 0 bridgehead atoms. The van der Waals surface area contributed by atoms with Crippen LogP contribution in [-0.4, -0.2) is 36.0 Å². The fourth-order valence-electron chi connectivity index (χ4n) is 3.83. The van der Waals surface area contributed by atoms with E-state index in [4.69, 9.17) is 16.3 Å². The number of benzene rings is 1. The van der Waals surface area contributed by atoms with Gasteiger partial charge in [-0.15, -0.1) is 11.3 Å². The van der Waals surface area contributed by atoms with Gasteiger partial charge in [-0.05, 0) is 61.8 Å². The second-order valence-electron chi connectivity index (χ2n) is 7.45. The maximum Gasteiger partial charge on any atom is 0.415 e. The van der Waals surface area contributed by atoms with Crippen molar-refractivity contribution in [2.75, 3.05) is 13.1 Å². The molecule has 1 N–H and O–H groups in total. The number of thiophene rings is 1. The number of hydrogen-bond donors (Lipinski definition) is 1. The number of nitrogens with zero attached hydrogens (tertiary/aromatic N) is 1. The van der Waals surface area contributed by atoms with Gasteiger partial charge in [0.25, 0.3) is 5.91 Å². The number of rotatable bonds is 5. The van der Waals surface area contributed by atoms with Crippen molar-refractivity contribution in [2.45, 2.75) is 31.7 Å². The van der Waals surface area contributed by atoms with Crippen LogP contribution in [0.25, 0.3) is 0 Å². The van der Waals surface area contributed by atoms with Gasteiger partial charge < -0.3 is 15.0 Å². The molecule has 1 aliphatic carbocycles. The first kappa shape index (κ1) is 19.3. The number of carbonyl (C=O) groups excluding carboxylic acids is 2. The van der Waals surface area contributed by atoms with Gasteiger partial charge in [-0.2, -0.15) is 0 Å². The molecule has 2 amide bonds. The largest absolute Gasteiger partial charge is 0.415 e. The van der Waals surface area contributed by atoms with Gasteiger partial charge in [-0.3, -0.25) is 4.79 Å². The molecule has 2 aliphatic rings. The molecule has 4 rings (SSSR count). The molecule has 2 aromatic rings. The van der Waals surface area contributed by atoms with Gasteiger partial charge in [0.05, 0.1) is 9.21 Å². The van der Waals surface area contributed by atoms with Crippen LogP contribution in [0.5, 0.6) is 5.75 Å². The Morgan fingerprint density at radius 2 is 1.71 bits per heavy atom. The molecule has 0 unspecified atom stereocenters. The summed E-state index contributed by atoms with van der Waals surface area (Å²) in [6.45, 7) is 1.31. The first-order valence-electron chi connectivity index (χ1n) is 9.68. The van der Waals surface area contributed by atoms with Crippen molar-refractivity contribution >= 4 is 34.9 Å². The van der Waals surface area contributed by atoms with Crippen molar-refractivity contribution in [1.82, 2.24) is 10.2 Å². The highest BCUT2D eigenvalue weighted by Crippen LogP contribution is 2.39. The molecule has 1 saturated carbocycles. The van der Waals surface area contributed by atoms with E-state index in [1.165, 1.54) is 11.3 Å². The summed E-state index contributed by atoms with van der Waals surface area (Å²) in [5.74, 6) is 1.45. The van der Waals surface area contributed by atoms with Gasteiger partial charge in [-0.1, -0.05) is 29.8 Å². The van der Waals surface area contributed by atoms with Crippen molar-refractivity contribution in [2.24, 2.45) is 11.8 Å². The lowest BCUT2D eigenvalue weighted by Gasteiger charge is -2.36. The fraction of sp³-hybridized carbons (Fsp3) is 0.429. The third-order valence-electron chi connectivity index (χ3n) is 5.48. The van der Waals surface area contributed by atoms with Crippen molar-refractivity contribution in [3.05, 3.63) is 51.7 Å². The minimum atomic E-state index is -0.301. The molecule has 7 heteroatoms. The topological polar surface area (TPSA) is 58.6 Å². The second kappa shape index (κ2) is 8.53. The minimum Gasteiger partial charge on any atom is -0.410 e. The molecule has 148 valence electrons. The van der Waals surface area contributed by atoms with Crippen LogP contribution in [0.4, 0.5) is 4.79 Å². The fourth-order valence-corrected chi connectivity index (χ4v) is 4.78. The van der Waals surface area contributed by atoms with Crippen LogP contribution in [-0.2, 0) is 0 Å². The molecule has 0 radical (unpaired) electrons. The molecule has 2 fully saturated rings. The van der Waals surface area contributed by atoms with Crippen LogP contribution < -0.4 is 10.1 Å². The van der Waals surface area contributed by atoms with Gasteiger partial charge in [-0.25, -0.2) is 4.79 Å². The molecule has 2 heterocycles. The normalized spacial score (nSPS) is 18.5. The lowest BCUT2D eigenvalue weighted by Crippen LogP contribution is -2.48. The van der Waals surface area contributed by atoms with E-state index in [1.54, 1.807) is 29.2 Å². The predicted octanol–water partition coefficient (Wildman–Crippen LogP) is 4.82. The molecule has 28 heavy (non-hydrogen) atoms. The van der Waals surface area contributed by atoms with Crippen LogP contribution in [0.2, 0.25) is 4.34 Å². The Bertz CT molecular complexity index is 829. The van der Waals surface area contributed by atoms with Crippen molar-refractivity contribution in [1.29, 1.82) is 0 Å². The van der Waals surface area contributed by atoms with Crippen LogP contribution in [0.1, 0.15) is 35.4 Å². The molecular formula is C21H23ClN2O3S. The van der Waals surface area contributed by atoms with E-state index in [0.29, 0.717) is 39.9 Å². The average molecular weight is 419 g/mol. The summed E-state index contributed by atoms with van der Waals surface area (Å²) in [6, 6.07) is 12.8. The Morgan fingerprint density at radius 1 is 1.04 bits per heavy atom. The average Bonchev–Trinajstić information content (AvgIpc) is 3.46. The molecule has 1 atom stereocenters. The van der Waals surface area contributed by atoms with Crippen LogP contribution in [0, 0.1) is 11.8 Å². The van der Waals surface area contributed by atoms with E-state index in [1.807, 2.05) is 18.2 Å². The number of amides is 2. The summed E-state index contributed by atoms with van der Waals surface area (Å²) in [7, 11) is 0. The maximum absolute atomic E-state index is 12.6. The Balaban J connectivity index is 1.32. The minimum absolute atomic E-state index is 0.0419. The number of halogens is 1. The van der Waals surface area contributed by atoms with Crippen LogP contribution >= 0.6 is 22.9 Å². The summed E-state index contributed by atoms with van der Waals surface area (Å²) in [5.41, 5.74) is 0. The van der Waals surface area contributed by atoms with Gasteiger partial charge in [0, 0.05) is 19.1 Å². The number of para-hydroxylation sites is 1. The molecule has 1 aromatic carbocycles. The van der Waals surface area contributed by atoms with Crippen LogP contribution in [0.3, 0.4) is 0 Å². The Morgan fingerprint density at radius 3 is 2.32 bits per heavy atom. The predicted molar refractivity (Wildman–Crippen MR) is 110 cm³/mol. The molecule has 1 aliphatic heterocycles. The van der Waals surface area contributed by atoms with E-state index in [0.717, 1.165) is 25.7 Å². The zero-order chi connectivity index (χ0) is 19.5. The van der Waals surface area contributed by atoms with E-state index in [-0.39, 0.29) is 18.0 Å². The third kappa shape index (κ3) is 4.67. The Hall–Kier alpha value is -2.05. The summed E-state index contributed by atoms with van der Waals surface area (Å²) in [4.78, 5) is 27.4. The molecule has 5 nitrogen and oxygen atoms in total. The van der Waals surface area contributed by atoms with Gasteiger partial charge >= 0.3 is 6.09 Å². The van der Waals surface area contributed by atoms with Crippen molar-refractivity contribution in [3.8, 4) is 5.75 Å². The number of likely N-dealkylation sites (tertiary alicyclic amines) is 1. The number of piperidine rings is 1. The highest BCUT2D eigenvalue weighted by Gasteiger charge is 2.39. The Kier molecular flexibility index (Phi) is 5.87. The van der Waals surface area contributed by atoms with Gasteiger partial charge in [0.2, 0.25) is 0 Å². The second-order valence-corrected chi connectivity index (χ2v) is 9.16. The SMILES string of the molecule is O=C(N[C@@H](C1CC1)C1CCN(C(=O)Oc2ccccc2)CC1)c1ccc(Cl)s1. The summed E-state index contributed by atoms with van der Waals surface area (Å²) in [5, 5.41) is 3.24. The van der Waals surface area contributed by atoms with Gasteiger partial charge in [0.15, 0.2) is 0 Å². The summed E-state index contributed by atoms with van der Waals surface area (Å²) >= 11 is 7.26. The van der Waals surface area contributed by atoms with E-state index in [2.05, 4.69) is 5.32 Å². The lowest BCUT2D eigenvalue weighted by molar-refractivity contribution is 0.0874. The van der Waals surface area contributed by atoms with E-state index >= 15 is 0 Å². The van der Waals surface area contributed by atoms with E-state index < -0.39 is 0 Å². The van der Waals surface area contributed by atoms with Crippen LogP contribution in [0.15, 0.2) is 42.5 Å². The molecule has 1 aromatic heterocycles. The molecule has 1 saturated heterocycles. The Labute approximate surface area is 173 Å². The smallest absolute Gasteiger partial charge is 0.410 e. The lowest BCUT2D eigenvalue weighted by atomic mass is 9.86. The summed E-state index contributed by atoms with van der Waals surface area (Å²) < 4.78 is 6.06. The number of nitrogens with one attached hydrogen (secondary N) is 1. The number of ether oxygens (including phenoxy) is 1. The van der Waals surface area contributed by atoms with Gasteiger partial charge in [0.1, 0.15) is 5.75 Å². The number of carbonyl (C=O) groups is 2. The zero-order valence-electron chi connectivity index (χ0n) is 15.5. The maximum atomic E-state index is 12.6. The highest BCUT2D eigenvalue weighted by atomic mass is 35.5. The van der Waals surface area contributed by atoms with E-state index in [9.17, 15) is 9.59 Å². The van der Waals surface area contributed by atoms with Crippen molar-refractivity contribution in [3.63, 3.8) is 0 Å². The summed E-state index contributed by atoms with van der Waals surface area (Å²) in [6.07, 6.45) is 3.76. The zero-order valence-corrected chi connectivity index (χ0v) is 17.0. The first-order valence-corrected chi connectivity index (χ1v) is 10.9. The number of hydrogen-bond acceptors (Lipinski definition) is 4. The highest BCUT2D eigenvalue weighted by molar-refractivity contribution is 7.18. The first-order chi connectivity index (χ1) is 13.6. The molecular weight excluding hydrogens is 396 g/mol. The quantitative estimate of drug-likeness (QED) is 0.757. The monoisotopic (exact) mass is 418 g/mol.